The lowest BCUT2D eigenvalue weighted by Gasteiger charge is -2.33. The van der Waals surface area contributed by atoms with Gasteiger partial charge in [0.25, 0.3) is 0 Å². The molecule has 1 heterocycles. The van der Waals surface area contributed by atoms with Crippen LogP contribution in [0.25, 0.3) is 0 Å². The number of carbonyl (C=O) groups is 1. The molecule has 1 aliphatic heterocycles. The molecular formula is C18H20N2O4S. The first kappa shape index (κ1) is 17.4. The molecule has 1 fully saturated rings. The van der Waals surface area contributed by atoms with Gasteiger partial charge in [-0.3, -0.25) is 0 Å². The van der Waals surface area contributed by atoms with Crippen molar-refractivity contribution in [1.82, 2.24) is 9.21 Å². The molecule has 0 aromatic heterocycles. The maximum absolute atomic E-state index is 12.5. The molecule has 0 spiro atoms. The minimum Gasteiger partial charge on any atom is -0.410 e. The predicted molar refractivity (Wildman–Crippen MR) is 94.7 cm³/mol. The lowest BCUT2D eigenvalue weighted by Crippen LogP contribution is -2.51. The van der Waals surface area contributed by atoms with Crippen molar-refractivity contribution in [3.05, 3.63) is 66.2 Å². The number of amides is 1. The zero-order valence-corrected chi connectivity index (χ0v) is 14.6. The normalized spacial score (nSPS) is 15.8. The molecule has 1 aliphatic rings. The van der Waals surface area contributed by atoms with Gasteiger partial charge in [-0.1, -0.05) is 48.5 Å². The molecule has 1 saturated heterocycles. The maximum Gasteiger partial charge on any atom is 0.415 e. The number of piperazine rings is 1. The van der Waals surface area contributed by atoms with Gasteiger partial charge in [0.15, 0.2) is 0 Å². The second-order valence-electron chi connectivity index (χ2n) is 5.81. The van der Waals surface area contributed by atoms with Crippen molar-refractivity contribution in [3.63, 3.8) is 0 Å². The maximum atomic E-state index is 12.5. The predicted octanol–water partition coefficient (Wildman–Crippen LogP) is 2.33. The van der Waals surface area contributed by atoms with Gasteiger partial charge in [0.2, 0.25) is 10.0 Å². The van der Waals surface area contributed by atoms with Crippen LogP contribution < -0.4 is 4.74 Å². The van der Waals surface area contributed by atoms with E-state index in [2.05, 4.69) is 0 Å². The summed E-state index contributed by atoms with van der Waals surface area (Å²) in [6.07, 6.45) is -0.452. The second-order valence-corrected chi connectivity index (χ2v) is 7.78. The number of nitrogens with zero attached hydrogens (tertiary/aromatic N) is 2. The zero-order valence-electron chi connectivity index (χ0n) is 13.7. The Kier molecular flexibility index (Phi) is 5.35. The van der Waals surface area contributed by atoms with Crippen LogP contribution >= 0.6 is 0 Å². The first-order valence-corrected chi connectivity index (χ1v) is 9.69. The van der Waals surface area contributed by atoms with E-state index in [-0.39, 0.29) is 18.8 Å². The second kappa shape index (κ2) is 7.67. The van der Waals surface area contributed by atoms with Gasteiger partial charge in [0, 0.05) is 26.2 Å². The van der Waals surface area contributed by atoms with Crippen LogP contribution in [-0.2, 0) is 15.8 Å². The Bertz CT molecular complexity index is 801. The van der Waals surface area contributed by atoms with Crippen LogP contribution in [0.4, 0.5) is 4.79 Å². The highest BCUT2D eigenvalue weighted by Crippen LogP contribution is 2.15. The standard InChI is InChI=1S/C18H20N2O4S/c21-18(24-17-9-5-2-6-10-17)19-11-13-20(14-12-19)25(22,23)15-16-7-3-1-4-8-16/h1-10H,11-15H2. The number of benzene rings is 2. The monoisotopic (exact) mass is 360 g/mol. The minimum atomic E-state index is -3.39. The van der Waals surface area contributed by atoms with Crippen LogP contribution in [0.1, 0.15) is 5.56 Å². The molecule has 25 heavy (non-hydrogen) atoms. The highest BCUT2D eigenvalue weighted by molar-refractivity contribution is 7.88. The van der Waals surface area contributed by atoms with E-state index in [1.165, 1.54) is 9.21 Å². The molecule has 132 valence electrons. The Morgan fingerprint density at radius 2 is 1.44 bits per heavy atom. The van der Waals surface area contributed by atoms with Crippen LogP contribution in [0, 0.1) is 0 Å². The van der Waals surface area contributed by atoms with Crippen LogP contribution in [-0.4, -0.2) is 49.9 Å². The molecular weight excluding hydrogens is 340 g/mol. The summed E-state index contributed by atoms with van der Waals surface area (Å²) in [5, 5.41) is 0. The molecule has 0 bridgehead atoms. The average molecular weight is 360 g/mol. The highest BCUT2D eigenvalue weighted by Gasteiger charge is 2.29. The minimum absolute atomic E-state index is 0.0255. The topological polar surface area (TPSA) is 66.9 Å². The molecule has 0 radical (unpaired) electrons. The van der Waals surface area contributed by atoms with Crippen LogP contribution in [0.15, 0.2) is 60.7 Å². The van der Waals surface area contributed by atoms with Crippen molar-refractivity contribution in [2.45, 2.75) is 5.75 Å². The quantitative estimate of drug-likeness (QED) is 0.839. The van der Waals surface area contributed by atoms with Gasteiger partial charge in [-0.2, -0.15) is 4.31 Å². The van der Waals surface area contributed by atoms with E-state index in [1.54, 1.807) is 36.4 Å². The molecule has 1 amide bonds. The summed E-state index contributed by atoms with van der Waals surface area (Å²) in [7, 11) is -3.39. The number of rotatable bonds is 4. The van der Waals surface area contributed by atoms with E-state index in [1.807, 2.05) is 24.3 Å². The fourth-order valence-electron chi connectivity index (χ4n) is 2.68. The summed E-state index contributed by atoms with van der Waals surface area (Å²) >= 11 is 0. The summed E-state index contributed by atoms with van der Waals surface area (Å²) in [6, 6.07) is 17.9. The van der Waals surface area contributed by atoms with E-state index in [0.29, 0.717) is 18.8 Å². The van der Waals surface area contributed by atoms with Crippen molar-refractivity contribution in [2.75, 3.05) is 26.2 Å². The lowest BCUT2D eigenvalue weighted by molar-refractivity contribution is 0.132. The number of ether oxygens (including phenoxy) is 1. The fourth-order valence-corrected chi connectivity index (χ4v) is 4.19. The number of sulfonamides is 1. The molecule has 7 heteroatoms. The summed E-state index contributed by atoms with van der Waals surface area (Å²) in [4.78, 5) is 13.7. The Morgan fingerprint density at radius 1 is 0.880 bits per heavy atom. The average Bonchev–Trinajstić information content (AvgIpc) is 2.63. The molecule has 3 rings (SSSR count). The molecule has 2 aromatic carbocycles. The van der Waals surface area contributed by atoms with Crippen LogP contribution in [0.5, 0.6) is 5.75 Å². The third-order valence-electron chi connectivity index (χ3n) is 4.03. The molecule has 2 aromatic rings. The van der Waals surface area contributed by atoms with Gasteiger partial charge in [-0.05, 0) is 17.7 Å². The molecule has 0 atom stereocenters. The van der Waals surface area contributed by atoms with Crippen molar-refractivity contribution >= 4 is 16.1 Å². The van der Waals surface area contributed by atoms with E-state index in [4.69, 9.17) is 4.74 Å². The van der Waals surface area contributed by atoms with Crippen LogP contribution in [0.2, 0.25) is 0 Å². The molecule has 0 unspecified atom stereocenters. The molecule has 0 N–H and O–H groups in total. The summed E-state index contributed by atoms with van der Waals surface area (Å²) < 4.78 is 31.8. The Labute approximate surface area is 147 Å². The summed E-state index contributed by atoms with van der Waals surface area (Å²) in [6.45, 7) is 1.19. The van der Waals surface area contributed by atoms with Gasteiger partial charge in [-0.25, -0.2) is 13.2 Å². The highest BCUT2D eigenvalue weighted by atomic mass is 32.2. The first-order chi connectivity index (χ1) is 12.0. The third kappa shape index (κ3) is 4.58. The van der Waals surface area contributed by atoms with Gasteiger partial charge >= 0.3 is 6.09 Å². The van der Waals surface area contributed by atoms with E-state index in [0.717, 1.165) is 5.56 Å². The number of hydrogen-bond donors (Lipinski definition) is 0. The Hall–Kier alpha value is -2.38. The molecule has 0 saturated carbocycles. The van der Waals surface area contributed by atoms with Crippen molar-refractivity contribution in [3.8, 4) is 5.75 Å². The lowest BCUT2D eigenvalue weighted by atomic mass is 10.2. The SMILES string of the molecule is O=C(Oc1ccccc1)N1CCN(S(=O)(=O)Cc2ccccc2)CC1. The Balaban J connectivity index is 1.55. The smallest absolute Gasteiger partial charge is 0.410 e. The van der Waals surface area contributed by atoms with Gasteiger partial charge in [-0.15, -0.1) is 0 Å². The van der Waals surface area contributed by atoms with Crippen molar-refractivity contribution in [1.29, 1.82) is 0 Å². The molecule has 6 nitrogen and oxygen atoms in total. The van der Waals surface area contributed by atoms with E-state index in [9.17, 15) is 13.2 Å². The van der Waals surface area contributed by atoms with Crippen LogP contribution in [0.3, 0.4) is 0 Å². The largest absolute Gasteiger partial charge is 0.415 e. The zero-order chi connectivity index (χ0) is 17.7. The summed E-state index contributed by atoms with van der Waals surface area (Å²) in [5.41, 5.74) is 0.758. The van der Waals surface area contributed by atoms with E-state index >= 15 is 0 Å². The first-order valence-electron chi connectivity index (χ1n) is 8.08. The third-order valence-corrected chi connectivity index (χ3v) is 5.88. The number of hydrogen-bond acceptors (Lipinski definition) is 4. The number of carbonyl (C=O) groups excluding carboxylic acids is 1. The van der Waals surface area contributed by atoms with Gasteiger partial charge in [0.05, 0.1) is 5.75 Å². The van der Waals surface area contributed by atoms with Gasteiger partial charge < -0.3 is 9.64 Å². The summed E-state index contributed by atoms with van der Waals surface area (Å²) in [5.74, 6) is 0.453. The van der Waals surface area contributed by atoms with Crippen molar-refractivity contribution in [2.24, 2.45) is 0 Å². The van der Waals surface area contributed by atoms with E-state index < -0.39 is 16.1 Å². The number of para-hydroxylation sites is 1. The molecule has 0 aliphatic carbocycles. The fraction of sp³-hybridized carbons (Fsp3) is 0.278. The van der Waals surface area contributed by atoms with Crippen molar-refractivity contribution < 1.29 is 17.9 Å². The van der Waals surface area contributed by atoms with Gasteiger partial charge in [0.1, 0.15) is 5.75 Å². The Morgan fingerprint density at radius 3 is 2.04 bits per heavy atom.